The minimum Gasteiger partial charge on any atom is -0.285 e. The molecule has 0 aliphatic carbocycles. The molecule has 1 aliphatic heterocycles. The van der Waals surface area contributed by atoms with Gasteiger partial charge in [-0.25, -0.2) is 0 Å². The van der Waals surface area contributed by atoms with Gasteiger partial charge in [-0.15, -0.1) is 0 Å². The van der Waals surface area contributed by atoms with Gasteiger partial charge in [0.1, 0.15) is 12.1 Å². The lowest BCUT2D eigenvalue weighted by Gasteiger charge is -2.42. The van der Waals surface area contributed by atoms with Gasteiger partial charge < -0.3 is 0 Å². The summed E-state index contributed by atoms with van der Waals surface area (Å²) in [5, 5.41) is 19.2. The second-order valence-corrected chi connectivity index (χ2v) is 5.05. The molecule has 0 spiro atoms. The number of benzene rings is 1. The van der Waals surface area contributed by atoms with Crippen molar-refractivity contribution in [2.45, 2.75) is 26.1 Å². The molecule has 0 saturated carbocycles. The topological polar surface area (TPSA) is 88.2 Å². The van der Waals surface area contributed by atoms with Crippen molar-refractivity contribution in [3.63, 3.8) is 0 Å². The molecule has 2 rings (SSSR count). The zero-order valence-corrected chi connectivity index (χ0v) is 13.4. The van der Waals surface area contributed by atoms with Crippen LogP contribution in [0.4, 0.5) is 5.69 Å². The fraction of sp³-hybridized carbons (Fsp3) is 0.222. The maximum Gasteiger partial charge on any atom is 0.253 e. The lowest BCUT2D eigenvalue weighted by molar-refractivity contribution is -0.130. The predicted octanol–water partition coefficient (Wildman–Crippen LogP) is 2.43. The summed E-state index contributed by atoms with van der Waals surface area (Å²) in [6, 6.07) is 9.91. The van der Waals surface area contributed by atoms with Gasteiger partial charge in [0.2, 0.25) is 12.1 Å². The summed E-state index contributed by atoms with van der Waals surface area (Å²) < 4.78 is 0. The maximum absolute atomic E-state index is 12.5. The number of carbonyl (C=O) groups excluding carboxylic acids is 2. The van der Waals surface area contributed by atoms with E-state index in [2.05, 4.69) is 6.07 Å². The molecule has 1 aliphatic rings. The Balaban J connectivity index is 2.71. The first-order valence-electron chi connectivity index (χ1n) is 7.39. The van der Waals surface area contributed by atoms with Gasteiger partial charge in [-0.1, -0.05) is 30.4 Å². The van der Waals surface area contributed by atoms with Crippen molar-refractivity contribution in [2.24, 2.45) is 0 Å². The summed E-state index contributed by atoms with van der Waals surface area (Å²) in [5.74, 6) is -0.922. The zero-order chi connectivity index (χ0) is 17.7. The van der Waals surface area contributed by atoms with E-state index in [0.717, 1.165) is 4.90 Å². The number of amides is 2. The van der Waals surface area contributed by atoms with Crippen LogP contribution in [0.1, 0.15) is 25.5 Å². The van der Waals surface area contributed by atoms with E-state index >= 15 is 0 Å². The Labute approximate surface area is 140 Å². The Morgan fingerprint density at radius 1 is 1.04 bits per heavy atom. The summed E-state index contributed by atoms with van der Waals surface area (Å²) in [6.07, 6.45) is 4.50. The van der Waals surface area contributed by atoms with E-state index in [9.17, 15) is 20.1 Å². The minimum absolute atomic E-state index is 0.425. The third-order valence-corrected chi connectivity index (χ3v) is 3.63. The van der Waals surface area contributed by atoms with E-state index in [1.165, 1.54) is 23.1 Å². The SMILES string of the molecule is C/C=C/C(=O)N1c2ccccc2C(C#N)N(C(=O)/C=C/C)C1C#N. The molecular weight excluding hydrogens is 304 g/mol. The smallest absolute Gasteiger partial charge is 0.253 e. The number of carbonyl (C=O) groups is 2. The Morgan fingerprint density at radius 2 is 1.67 bits per heavy atom. The molecule has 2 atom stereocenters. The highest BCUT2D eigenvalue weighted by molar-refractivity contribution is 6.04. The van der Waals surface area contributed by atoms with Crippen LogP contribution in [0, 0.1) is 22.7 Å². The van der Waals surface area contributed by atoms with E-state index in [-0.39, 0.29) is 0 Å². The molecule has 1 aromatic rings. The Bertz CT molecular complexity index is 798. The molecule has 0 saturated heterocycles. The largest absolute Gasteiger partial charge is 0.285 e. The summed E-state index contributed by atoms with van der Waals surface area (Å²) >= 11 is 0. The third-order valence-electron chi connectivity index (χ3n) is 3.63. The molecule has 120 valence electrons. The van der Waals surface area contributed by atoms with Crippen LogP contribution in [0.5, 0.6) is 0 Å². The highest BCUT2D eigenvalue weighted by Gasteiger charge is 2.43. The van der Waals surface area contributed by atoms with Gasteiger partial charge in [0, 0.05) is 5.56 Å². The van der Waals surface area contributed by atoms with Crippen molar-refractivity contribution < 1.29 is 9.59 Å². The zero-order valence-electron chi connectivity index (χ0n) is 13.4. The number of rotatable bonds is 2. The molecule has 2 unspecified atom stereocenters. The summed E-state index contributed by atoms with van der Waals surface area (Å²) in [6.45, 7) is 3.36. The summed E-state index contributed by atoms with van der Waals surface area (Å²) in [4.78, 5) is 27.3. The number of allylic oxidation sites excluding steroid dienone is 2. The number of hydrogen-bond acceptors (Lipinski definition) is 4. The van der Waals surface area contributed by atoms with Crippen molar-refractivity contribution in [3.05, 3.63) is 54.1 Å². The molecular formula is C18H16N4O2. The first-order chi connectivity index (χ1) is 11.6. The molecule has 1 heterocycles. The Hall–Kier alpha value is -3.38. The van der Waals surface area contributed by atoms with Gasteiger partial charge in [0.05, 0.1) is 11.8 Å². The van der Waals surface area contributed by atoms with Crippen LogP contribution in [-0.4, -0.2) is 22.9 Å². The molecule has 0 radical (unpaired) electrons. The number of nitrogens with zero attached hydrogens (tertiary/aromatic N) is 4. The van der Waals surface area contributed by atoms with Crippen LogP contribution < -0.4 is 4.90 Å². The van der Waals surface area contributed by atoms with E-state index in [4.69, 9.17) is 0 Å². The van der Waals surface area contributed by atoms with E-state index < -0.39 is 24.0 Å². The summed E-state index contributed by atoms with van der Waals surface area (Å²) in [7, 11) is 0. The van der Waals surface area contributed by atoms with Crippen molar-refractivity contribution in [1.82, 2.24) is 4.90 Å². The molecule has 0 bridgehead atoms. The van der Waals surface area contributed by atoms with Crippen molar-refractivity contribution in [1.29, 1.82) is 10.5 Å². The van der Waals surface area contributed by atoms with Gasteiger partial charge in [0.25, 0.3) is 5.91 Å². The number of nitriles is 2. The van der Waals surface area contributed by atoms with Gasteiger partial charge in [-0.05, 0) is 32.1 Å². The van der Waals surface area contributed by atoms with E-state index in [1.807, 2.05) is 6.07 Å². The number of fused-ring (bicyclic) bond motifs is 1. The highest BCUT2D eigenvalue weighted by atomic mass is 16.2. The third kappa shape index (κ3) is 2.78. The van der Waals surface area contributed by atoms with Crippen molar-refractivity contribution in [3.8, 4) is 12.1 Å². The average molecular weight is 320 g/mol. The second kappa shape index (κ2) is 7.26. The lowest BCUT2D eigenvalue weighted by Crippen LogP contribution is -2.56. The van der Waals surface area contributed by atoms with Crippen LogP contribution in [0.15, 0.2) is 48.6 Å². The first-order valence-corrected chi connectivity index (χ1v) is 7.39. The van der Waals surface area contributed by atoms with Crippen LogP contribution in [0.2, 0.25) is 0 Å². The average Bonchev–Trinajstić information content (AvgIpc) is 2.59. The molecule has 24 heavy (non-hydrogen) atoms. The van der Waals surface area contributed by atoms with Gasteiger partial charge in [-0.3, -0.25) is 19.4 Å². The molecule has 6 heteroatoms. The minimum atomic E-state index is -1.20. The van der Waals surface area contributed by atoms with Crippen LogP contribution >= 0.6 is 0 Å². The number of para-hydroxylation sites is 1. The Morgan fingerprint density at radius 3 is 2.25 bits per heavy atom. The summed E-state index contributed by atoms with van der Waals surface area (Å²) in [5.41, 5.74) is 0.977. The van der Waals surface area contributed by atoms with E-state index in [0.29, 0.717) is 11.3 Å². The predicted molar refractivity (Wildman–Crippen MR) is 88.2 cm³/mol. The second-order valence-electron chi connectivity index (χ2n) is 5.05. The molecule has 6 nitrogen and oxygen atoms in total. The lowest BCUT2D eigenvalue weighted by atomic mass is 9.98. The van der Waals surface area contributed by atoms with Crippen molar-refractivity contribution in [2.75, 3.05) is 4.90 Å². The fourth-order valence-electron chi connectivity index (χ4n) is 2.68. The number of anilines is 1. The first kappa shape index (κ1) is 17.0. The van der Waals surface area contributed by atoms with Gasteiger partial charge in [0.15, 0.2) is 0 Å². The molecule has 0 fully saturated rings. The Kier molecular flexibility index (Phi) is 5.13. The molecule has 0 aromatic heterocycles. The van der Waals surface area contributed by atoms with Crippen molar-refractivity contribution >= 4 is 17.5 Å². The quantitative estimate of drug-likeness (QED) is 0.783. The van der Waals surface area contributed by atoms with Crippen LogP contribution in [-0.2, 0) is 9.59 Å². The molecule has 0 N–H and O–H groups in total. The van der Waals surface area contributed by atoms with Gasteiger partial charge >= 0.3 is 0 Å². The standard InChI is InChI=1S/C18H16N4O2/c1-3-7-17(23)21-14-10-6-5-9-13(14)15(11-19)22(16(21)12-20)18(24)8-4-2/h3-10,15-16H,1-2H3/b7-3+,8-4+. The van der Waals surface area contributed by atoms with Gasteiger partial charge in [-0.2, -0.15) is 10.5 Å². The fourth-order valence-corrected chi connectivity index (χ4v) is 2.68. The highest BCUT2D eigenvalue weighted by Crippen LogP contribution is 2.38. The monoisotopic (exact) mass is 320 g/mol. The van der Waals surface area contributed by atoms with Crippen LogP contribution in [0.25, 0.3) is 0 Å². The molecule has 2 amide bonds. The maximum atomic E-state index is 12.5. The normalized spacial score (nSPS) is 19.8. The molecule has 1 aromatic carbocycles. The van der Waals surface area contributed by atoms with Crippen LogP contribution in [0.3, 0.4) is 0 Å². The van der Waals surface area contributed by atoms with E-state index in [1.54, 1.807) is 44.2 Å². The number of hydrogen-bond donors (Lipinski definition) is 0.